The highest BCUT2D eigenvalue weighted by molar-refractivity contribution is 6.30. The molecule has 1 aliphatic rings. The molecule has 1 saturated carbocycles. The molecule has 0 atom stereocenters. The summed E-state index contributed by atoms with van der Waals surface area (Å²) in [6.07, 6.45) is 8.71. The first-order chi connectivity index (χ1) is 19.3. The summed E-state index contributed by atoms with van der Waals surface area (Å²) >= 11 is 6.04. The van der Waals surface area contributed by atoms with E-state index in [-0.39, 0.29) is 18.0 Å². The maximum atomic E-state index is 13.7. The van der Waals surface area contributed by atoms with Gasteiger partial charge in [-0.25, -0.2) is 9.78 Å². The monoisotopic (exact) mass is 559 g/mol. The fourth-order valence-corrected chi connectivity index (χ4v) is 5.40. The zero-order valence-electron chi connectivity index (χ0n) is 23.0. The van der Waals surface area contributed by atoms with Crippen LogP contribution >= 0.6 is 11.6 Å². The molecule has 1 aromatic carbocycles. The molecule has 1 fully saturated rings. The highest BCUT2D eigenvalue weighted by atomic mass is 35.5. The van der Waals surface area contributed by atoms with E-state index in [0.717, 1.165) is 48.9 Å². The molecule has 2 N–H and O–H groups in total. The maximum absolute atomic E-state index is 13.7. The molecule has 0 spiro atoms. The molecule has 208 valence electrons. The summed E-state index contributed by atoms with van der Waals surface area (Å²) in [5, 5.41) is 12.1. The van der Waals surface area contributed by atoms with Gasteiger partial charge in [0.15, 0.2) is 5.65 Å². The van der Waals surface area contributed by atoms with E-state index in [1.54, 1.807) is 30.3 Å². The number of hydrogen-bond donors (Lipinski definition) is 2. The predicted molar refractivity (Wildman–Crippen MR) is 157 cm³/mol. The molecule has 1 aliphatic carbocycles. The van der Waals surface area contributed by atoms with Gasteiger partial charge in [0.05, 0.1) is 33.9 Å². The SMILES string of the molecule is CCn1cc2cc(N(C(=O)NCC3CCC(NC(=O)c4cc(Cl)cnc4C)CC3)c3ccccc3C)cnc2n1. The lowest BCUT2D eigenvalue weighted by molar-refractivity contribution is 0.0921. The molecule has 3 heterocycles. The van der Waals surface area contributed by atoms with Crippen molar-refractivity contribution in [1.29, 1.82) is 0 Å². The van der Waals surface area contributed by atoms with Gasteiger partial charge < -0.3 is 10.6 Å². The fourth-order valence-electron chi connectivity index (χ4n) is 5.24. The average molecular weight is 560 g/mol. The summed E-state index contributed by atoms with van der Waals surface area (Å²) in [5.41, 5.74) is 4.30. The van der Waals surface area contributed by atoms with Gasteiger partial charge in [-0.1, -0.05) is 29.8 Å². The van der Waals surface area contributed by atoms with E-state index in [1.165, 1.54) is 0 Å². The van der Waals surface area contributed by atoms with Crippen LogP contribution in [-0.4, -0.2) is 44.3 Å². The third kappa shape index (κ3) is 6.09. The first kappa shape index (κ1) is 27.6. The van der Waals surface area contributed by atoms with Crippen LogP contribution in [0, 0.1) is 19.8 Å². The second-order valence-electron chi connectivity index (χ2n) is 10.4. The number of rotatable bonds is 7. The first-order valence-electron chi connectivity index (χ1n) is 13.7. The zero-order chi connectivity index (χ0) is 28.2. The van der Waals surface area contributed by atoms with Crippen molar-refractivity contribution in [3.8, 4) is 0 Å². The molecule has 9 nitrogen and oxygen atoms in total. The molecule has 0 bridgehead atoms. The van der Waals surface area contributed by atoms with Gasteiger partial charge in [-0.2, -0.15) is 5.10 Å². The average Bonchev–Trinajstić information content (AvgIpc) is 3.38. The minimum Gasteiger partial charge on any atom is -0.349 e. The van der Waals surface area contributed by atoms with Crippen molar-refractivity contribution in [1.82, 2.24) is 30.4 Å². The van der Waals surface area contributed by atoms with Crippen LogP contribution in [0.1, 0.15) is 54.2 Å². The number of fused-ring (bicyclic) bond motifs is 1. The molecule has 0 unspecified atom stereocenters. The Morgan fingerprint density at radius 1 is 1.07 bits per heavy atom. The van der Waals surface area contributed by atoms with Crippen LogP contribution in [0.3, 0.4) is 0 Å². The number of nitrogens with one attached hydrogen (secondary N) is 2. The number of nitrogens with zero attached hydrogens (tertiary/aromatic N) is 5. The van der Waals surface area contributed by atoms with Crippen LogP contribution in [0.4, 0.5) is 16.2 Å². The van der Waals surface area contributed by atoms with Crippen molar-refractivity contribution < 1.29 is 9.59 Å². The zero-order valence-corrected chi connectivity index (χ0v) is 23.8. The molecule has 40 heavy (non-hydrogen) atoms. The lowest BCUT2D eigenvalue weighted by atomic mass is 9.86. The van der Waals surface area contributed by atoms with Crippen LogP contribution in [-0.2, 0) is 6.54 Å². The van der Waals surface area contributed by atoms with Crippen LogP contribution in [0.25, 0.3) is 11.0 Å². The lowest BCUT2D eigenvalue weighted by Crippen LogP contribution is -2.42. The van der Waals surface area contributed by atoms with Crippen molar-refractivity contribution >= 4 is 45.9 Å². The normalized spacial score (nSPS) is 17.0. The Bertz CT molecular complexity index is 1530. The van der Waals surface area contributed by atoms with Crippen LogP contribution in [0.5, 0.6) is 0 Å². The van der Waals surface area contributed by atoms with E-state index >= 15 is 0 Å². The first-order valence-corrected chi connectivity index (χ1v) is 14.1. The number of anilines is 2. The summed E-state index contributed by atoms with van der Waals surface area (Å²) in [6, 6.07) is 11.3. The van der Waals surface area contributed by atoms with E-state index in [0.29, 0.717) is 40.1 Å². The number of amides is 3. The molecule has 0 aliphatic heterocycles. The highest BCUT2D eigenvalue weighted by Gasteiger charge is 2.26. The Kier molecular flexibility index (Phi) is 8.30. The van der Waals surface area contributed by atoms with E-state index < -0.39 is 0 Å². The molecule has 5 rings (SSSR count). The number of carbonyl (C=O) groups is 2. The Labute approximate surface area is 238 Å². The number of aryl methyl sites for hydroxylation is 3. The van der Waals surface area contributed by atoms with E-state index in [2.05, 4.69) is 25.7 Å². The Morgan fingerprint density at radius 2 is 1.85 bits per heavy atom. The number of aromatic nitrogens is 4. The smallest absolute Gasteiger partial charge is 0.326 e. The summed E-state index contributed by atoms with van der Waals surface area (Å²) in [5.74, 6) is 0.182. The van der Waals surface area contributed by atoms with E-state index in [4.69, 9.17) is 11.6 Å². The number of para-hydroxylation sites is 1. The van der Waals surface area contributed by atoms with Crippen molar-refractivity contribution in [2.75, 3.05) is 11.4 Å². The molecule has 4 aromatic rings. The van der Waals surface area contributed by atoms with Crippen molar-refractivity contribution in [3.63, 3.8) is 0 Å². The number of carbonyl (C=O) groups excluding carboxylic acids is 2. The second kappa shape index (κ2) is 12.0. The molecular weight excluding hydrogens is 526 g/mol. The third-order valence-electron chi connectivity index (χ3n) is 7.56. The largest absolute Gasteiger partial charge is 0.349 e. The van der Waals surface area contributed by atoms with E-state index in [1.807, 2.05) is 55.1 Å². The Balaban J connectivity index is 1.23. The van der Waals surface area contributed by atoms with Gasteiger partial charge >= 0.3 is 6.03 Å². The minimum atomic E-state index is -0.197. The van der Waals surface area contributed by atoms with Gasteiger partial charge in [-0.15, -0.1) is 0 Å². The summed E-state index contributed by atoms with van der Waals surface area (Å²) < 4.78 is 1.84. The molecular formula is C30H34ClN7O2. The maximum Gasteiger partial charge on any atom is 0.326 e. The van der Waals surface area contributed by atoms with Gasteiger partial charge in [0.2, 0.25) is 0 Å². The van der Waals surface area contributed by atoms with E-state index in [9.17, 15) is 9.59 Å². The molecule has 3 amide bonds. The van der Waals surface area contributed by atoms with Crippen molar-refractivity contribution in [2.24, 2.45) is 5.92 Å². The number of halogens is 1. The van der Waals surface area contributed by atoms with Crippen molar-refractivity contribution in [2.45, 2.75) is 59.0 Å². The quantitative estimate of drug-likeness (QED) is 0.291. The fraction of sp³-hybridized carbons (Fsp3) is 0.367. The number of hydrogen-bond acceptors (Lipinski definition) is 5. The standard InChI is InChI=1S/C30H34ClN7O2/c1-4-37-18-22-13-25(17-33-28(22)36-37)38(27-8-6-5-7-19(27)2)30(40)34-15-21-9-11-24(12-10-21)35-29(39)26-14-23(31)16-32-20(26)3/h5-8,13-14,16-18,21,24H,4,9-12,15H2,1-3H3,(H,34,40)(H,35,39). The lowest BCUT2D eigenvalue weighted by Gasteiger charge is -2.30. The Morgan fingerprint density at radius 3 is 2.60 bits per heavy atom. The van der Waals surface area contributed by atoms with Gasteiger partial charge in [-0.05, 0) is 76.1 Å². The third-order valence-corrected chi connectivity index (χ3v) is 7.76. The predicted octanol–water partition coefficient (Wildman–Crippen LogP) is 5.95. The number of pyridine rings is 2. The van der Waals surface area contributed by atoms with Crippen molar-refractivity contribution in [3.05, 3.63) is 76.8 Å². The van der Waals surface area contributed by atoms with Gasteiger partial charge in [0.25, 0.3) is 5.91 Å². The Hall–Kier alpha value is -3.98. The minimum absolute atomic E-state index is 0.0862. The summed E-state index contributed by atoms with van der Waals surface area (Å²) in [7, 11) is 0. The number of benzene rings is 1. The van der Waals surface area contributed by atoms with Gasteiger partial charge in [0.1, 0.15) is 0 Å². The summed E-state index contributed by atoms with van der Waals surface area (Å²) in [6.45, 7) is 7.13. The molecule has 0 saturated heterocycles. The molecule has 3 aromatic heterocycles. The summed E-state index contributed by atoms with van der Waals surface area (Å²) in [4.78, 5) is 36.8. The topological polar surface area (TPSA) is 105 Å². The molecule has 10 heteroatoms. The molecule has 0 radical (unpaired) electrons. The van der Waals surface area contributed by atoms with Crippen LogP contribution in [0.2, 0.25) is 5.02 Å². The second-order valence-corrected chi connectivity index (χ2v) is 10.8. The van der Waals surface area contributed by atoms with Gasteiger partial charge in [-0.3, -0.25) is 19.4 Å². The number of urea groups is 1. The van der Waals surface area contributed by atoms with Crippen LogP contribution < -0.4 is 15.5 Å². The van der Waals surface area contributed by atoms with Gasteiger partial charge in [0, 0.05) is 36.9 Å². The highest BCUT2D eigenvalue weighted by Crippen LogP contribution is 2.30. The van der Waals surface area contributed by atoms with Crippen LogP contribution in [0.15, 0.2) is 55.0 Å².